The van der Waals surface area contributed by atoms with Crippen molar-refractivity contribution in [1.29, 1.82) is 0 Å². The lowest BCUT2D eigenvalue weighted by Crippen LogP contribution is -2.37. The largest absolute Gasteiger partial charge is 0.458 e. The number of esters is 1. The Morgan fingerprint density at radius 2 is 1.73 bits per heavy atom. The van der Waals surface area contributed by atoms with Crippen LogP contribution >= 0.6 is 0 Å². The molecule has 5 heteroatoms. The first-order chi connectivity index (χ1) is 10.6. The van der Waals surface area contributed by atoms with Crippen LogP contribution in [-0.4, -0.2) is 17.0 Å². The third-order valence-corrected chi connectivity index (χ3v) is 5.08. The topological polar surface area (TPSA) is 69.4 Å². The average molecular weight is 303 g/mol. The zero-order chi connectivity index (χ0) is 15.5. The third-order valence-electron chi connectivity index (χ3n) is 5.08. The number of benzene rings is 1. The van der Waals surface area contributed by atoms with Gasteiger partial charge >= 0.3 is 5.97 Å². The highest BCUT2D eigenvalue weighted by Crippen LogP contribution is 2.42. The highest BCUT2D eigenvalue weighted by molar-refractivity contribution is 5.89. The summed E-state index contributed by atoms with van der Waals surface area (Å²) in [6.45, 7) is 0. The van der Waals surface area contributed by atoms with Gasteiger partial charge in [0.25, 0.3) is 5.69 Å². The Hall–Kier alpha value is -1.91. The van der Waals surface area contributed by atoms with Crippen molar-refractivity contribution in [3.8, 4) is 0 Å². The van der Waals surface area contributed by atoms with Crippen molar-refractivity contribution in [2.75, 3.05) is 0 Å². The maximum Gasteiger partial charge on any atom is 0.338 e. The van der Waals surface area contributed by atoms with Crippen molar-refractivity contribution < 1.29 is 14.5 Å². The van der Waals surface area contributed by atoms with Crippen molar-refractivity contribution in [3.05, 3.63) is 39.9 Å². The number of fused-ring (bicyclic) bond motifs is 1. The Kier molecular flexibility index (Phi) is 4.41. The summed E-state index contributed by atoms with van der Waals surface area (Å²) < 4.78 is 5.74. The van der Waals surface area contributed by atoms with Crippen LogP contribution in [0.25, 0.3) is 0 Å². The zero-order valence-corrected chi connectivity index (χ0v) is 12.6. The molecule has 2 aliphatic carbocycles. The van der Waals surface area contributed by atoms with Crippen LogP contribution in [0.2, 0.25) is 0 Å². The second-order valence-electron chi connectivity index (χ2n) is 6.39. The van der Waals surface area contributed by atoms with Gasteiger partial charge in [0, 0.05) is 12.1 Å². The molecule has 118 valence electrons. The Morgan fingerprint density at radius 3 is 2.45 bits per heavy atom. The number of carbonyl (C=O) groups is 1. The van der Waals surface area contributed by atoms with Crippen LogP contribution in [0.5, 0.6) is 0 Å². The fraction of sp³-hybridized carbons (Fsp3) is 0.588. The second kappa shape index (κ2) is 6.46. The minimum atomic E-state index is -0.469. The van der Waals surface area contributed by atoms with E-state index in [-0.39, 0.29) is 17.8 Å². The van der Waals surface area contributed by atoms with Crippen LogP contribution in [0.1, 0.15) is 55.3 Å². The number of carbonyl (C=O) groups excluding carboxylic acids is 1. The molecule has 0 aliphatic heterocycles. The lowest BCUT2D eigenvalue weighted by molar-refractivity contribution is -0.384. The summed E-state index contributed by atoms with van der Waals surface area (Å²) >= 11 is 0. The molecule has 0 saturated heterocycles. The van der Waals surface area contributed by atoms with Crippen LogP contribution in [0.4, 0.5) is 5.69 Å². The molecule has 2 fully saturated rings. The minimum Gasteiger partial charge on any atom is -0.458 e. The molecule has 0 spiro atoms. The molecule has 3 atom stereocenters. The standard InChI is InChI=1S/C17H21NO4/c19-17(13-8-10-14(11-9-13)18(20)21)22-16-7-3-5-12-4-1-2-6-15(12)16/h8-12,15-16H,1-7H2/t12?,15?,16-/m0/s1. The van der Waals surface area contributed by atoms with Gasteiger partial charge in [-0.15, -0.1) is 0 Å². The lowest BCUT2D eigenvalue weighted by atomic mass is 9.69. The number of nitrogens with zero attached hydrogens (tertiary/aromatic N) is 1. The van der Waals surface area contributed by atoms with E-state index in [9.17, 15) is 14.9 Å². The molecule has 2 unspecified atom stereocenters. The van der Waals surface area contributed by atoms with Crippen LogP contribution < -0.4 is 0 Å². The van der Waals surface area contributed by atoms with Crippen LogP contribution in [0.15, 0.2) is 24.3 Å². The van der Waals surface area contributed by atoms with E-state index < -0.39 is 4.92 Å². The average Bonchev–Trinajstić information content (AvgIpc) is 2.55. The highest BCUT2D eigenvalue weighted by Gasteiger charge is 2.37. The van der Waals surface area contributed by atoms with Crippen LogP contribution in [0.3, 0.4) is 0 Å². The second-order valence-corrected chi connectivity index (χ2v) is 6.39. The minimum absolute atomic E-state index is 0.0124. The first-order valence-corrected chi connectivity index (χ1v) is 8.10. The monoisotopic (exact) mass is 303 g/mol. The predicted octanol–water partition coefficient (Wildman–Crippen LogP) is 4.11. The van der Waals surface area contributed by atoms with Crippen LogP contribution in [-0.2, 0) is 4.74 Å². The molecule has 1 aromatic carbocycles. The highest BCUT2D eigenvalue weighted by atomic mass is 16.6. The Labute approximate surface area is 129 Å². The predicted molar refractivity (Wildman–Crippen MR) is 81.6 cm³/mol. The molecular formula is C17H21NO4. The van der Waals surface area contributed by atoms with Crippen molar-refractivity contribution in [2.24, 2.45) is 11.8 Å². The van der Waals surface area contributed by atoms with Gasteiger partial charge in [-0.05, 0) is 49.7 Å². The van der Waals surface area contributed by atoms with Gasteiger partial charge in [0.15, 0.2) is 0 Å². The number of ether oxygens (including phenoxy) is 1. The molecule has 0 amide bonds. The fourth-order valence-electron chi connectivity index (χ4n) is 3.95. The van der Waals surface area contributed by atoms with E-state index in [1.807, 2.05) is 0 Å². The number of nitro benzene ring substituents is 1. The van der Waals surface area contributed by atoms with E-state index >= 15 is 0 Å². The number of hydrogen-bond acceptors (Lipinski definition) is 4. The van der Waals surface area contributed by atoms with E-state index in [0.717, 1.165) is 19.3 Å². The summed E-state index contributed by atoms with van der Waals surface area (Å²) in [5, 5.41) is 10.6. The van der Waals surface area contributed by atoms with Crippen molar-refractivity contribution in [2.45, 2.75) is 51.0 Å². The van der Waals surface area contributed by atoms with Crippen molar-refractivity contribution in [1.82, 2.24) is 0 Å². The third kappa shape index (κ3) is 3.13. The Balaban J connectivity index is 1.66. The molecule has 0 N–H and O–H groups in total. The normalized spacial score (nSPS) is 27.7. The molecular weight excluding hydrogens is 282 g/mol. The number of rotatable bonds is 3. The van der Waals surface area contributed by atoms with Crippen LogP contribution in [0, 0.1) is 22.0 Å². The van der Waals surface area contributed by atoms with E-state index in [4.69, 9.17) is 4.74 Å². The van der Waals surface area contributed by atoms with E-state index in [1.54, 1.807) is 0 Å². The molecule has 3 rings (SSSR count). The van der Waals surface area contributed by atoms with Gasteiger partial charge in [-0.1, -0.05) is 19.3 Å². The molecule has 0 heterocycles. The van der Waals surface area contributed by atoms with Gasteiger partial charge in [0.05, 0.1) is 10.5 Å². The SMILES string of the molecule is O=C(O[C@H]1CCCC2CCCCC21)c1ccc([N+](=O)[O-])cc1. The smallest absolute Gasteiger partial charge is 0.338 e. The van der Waals surface area contributed by atoms with Gasteiger partial charge in [-0.3, -0.25) is 10.1 Å². The molecule has 0 radical (unpaired) electrons. The first kappa shape index (κ1) is 15.0. The van der Waals surface area contributed by atoms with E-state index in [1.165, 1.54) is 49.9 Å². The van der Waals surface area contributed by atoms with Gasteiger partial charge in [-0.25, -0.2) is 4.79 Å². The van der Waals surface area contributed by atoms with Gasteiger partial charge < -0.3 is 4.74 Å². The molecule has 0 aromatic heterocycles. The quantitative estimate of drug-likeness (QED) is 0.478. The number of nitro groups is 1. The summed E-state index contributed by atoms with van der Waals surface area (Å²) in [5.41, 5.74) is 0.380. The lowest BCUT2D eigenvalue weighted by Gasteiger charge is -2.40. The Bertz CT molecular complexity index is 552. The molecule has 2 aliphatic rings. The maximum atomic E-state index is 12.3. The zero-order valence-electron chi connectivity index (χ0n) is 12.6. The first-order valence-electron chi connectivity index (χ1n) is 8.10. The molecule has 1 aromatic rings. The summed E-state index contributed by atoms with van der Waals surface area (Å²) in [6, 6.07) is 5.64. The molecule has 22 heavy (non-hydrogen) atoms. The van der Waals surface area contributed by atoms with Gasteiger partial charge in [-0.2, -0.15) is 0 Å². The molecule has 0 bridgehead atoms. The van der Waals surface area contributed by atoms with Gasteiger partial charge in [0.1, 0.15) is 6.10 Å². The van der Waals surface area contributed by atoms with Crippen molar-refractivity contribution >= 4 is 11.7 Å². The summed E-state index contributed by atoms with van der Waals surface area (Å²) in [5.74, 6) is 0.854. The molecule has 2 saturated carbocycles. The number of hydrogen-bond donors (Lipinski definition) is 0. The van der Waals surface area contributed by atoms with E-state index in [2.05, 4.69) is 0 Å². The van der Waals surface area contributed by atoms with Crippen molar-refractivity contribution in [3.63, 3.8) is 0 Å². The summed E-state index contributed by atoms with van der Waals surface area (Å²) in [4.78, 5) is 22.5. The summed E-state index contributed by atoms with van der Waals surface area (Å²) in [7, 11) is 0. The fourth-order valence-corrected chi connectivity index (χ4v) is 3.95. The summed E-state index contributed by atoms with van der Waals surface area (Å²) in [6.07, 6.45) is 8.28. The Morgan fingerprint density at radius 1 is 1.05 bits per heavy atom. The van der Waals surface area contributed by atoms with E-state index in [0.29, 0.717) is 17.4 Å². The maximum absolute atomic E-state index is 12.3. The molecule has 5 nitrogen and oxygen atoms in total. The number of non-ortho nitro benzene ring substituents is 1. The van der Waals surface area contributed by atoms with Gasteiger partial charge in [0.2, 0.25) is 0 Å².